The highest BCUT2D eigenvalue weighted by atomic mass is 16.5. The summed E-state index contributed by atoms with van der Waals surface area (Å²) in [5, 5.41) is 9.11. The smallest absolute Gasteiger partial charge is 0.339 e. The zero-order chi connectivity index (χ0) is 15.1. The number of methoxy groups -OCH3 is 1. The second-order valence-corrected chi connectivity index (χ2v) is 4.41. The summed E-state index contributed by atoms with van der Waals surface area (Å²) in [4.78, 5) is 24.0. The van der Waals surface area contributed by atoms with Crippen LogP contribution < -0.4 is 9.47 Å². The van der Waals surface area contributed by atoms with Crippen LogP contribution in [0.5, 0.6) is 11.5 Å². The lowest BCUT2D eigenvalue weighted by Crippen LogP contribution is -2.21. The van der Waals surface area contributed by atoms with E-state index in [2.05, 4.69) is 0 Å². The predicted molar refractivity (Wildman–Crippen MR) is 73.4 cm³/mol. The molecule has 0 bridgehead atoms. The van der Waals surface area contributed by atoms with E-state index in [1.54, 1.807) is 26.2 Å². The topological polar surface area (TPSA) is 76.1 Å². The largest absolute Gasteiger partial charge is 0.497 e. The number of carboxylic acid groups (broad SMARTS) is 1. The number of carbonyl (C=O) groups is 2. The quantitative estimate of drug-likeness (QED) is 0.769. The highest BCUT2D eigenvalue weighted by Crippen LogP contribution is 2.24. The third-order valence-corrected chi connectivity index (χ3v) is 2.71. The molecule has 1 rings (SSSR count). The van der Waals surface area contributed by atoms with Gasteiger partial charge in [-0.05, 0) is 24.6 Å². The summed E-state index contributed by atoms with van der Waals surface area (Å²) in [5.41, 5.74) is 0.0447. The Morgan fingerprint density at radius 1 is 1.30 bits per heavy atom. The number of carbonyl (C=O) groups excluding carboxylic acids is 1. The van der Waals surface area contributed by atoms with Gasteiger partial charge in [-0.25, -0.2) is 4.79 Å². The normalized spacial score (nSPS) is 9.95. The summed E-state index contributed by atoms with van der Waals surface area (Å²) in [6, 6.07) is 4.59. The van der Waals surface area contributed by atoms with E-state index in [-0.39, 0.29) is 23.8 Å². The van der Waals surface area contributed by atoms with Crippen LogP contribution in [-0.4, -0.2) is 49.7 Å². The minimum absolute atomic E-state index is 0.0155. The van der Waals surface area contributed by atoms with E-state index in [0.717, 1.165) is 0 Å². The fourth-order valence-corrected chi connectivity index (χ4v) is 1.56. The Hall–Kier alpha value is -2.24. The van der Waals surface area contributed by atoms with Crippen molar-refractivity contribution in [3.05, 3.63) is 23.8 Å². The molecule has 0 radical (unpaired) electrons. The first kappa shape index (κ1) is 15.8. The maximum absolute atomic E-state index is 11.4. The molecule has 110 valence electrons. The third kappa shape index (κ3) is 4.46. The molecule has 0 aliphatic heterocycles. The molecule has 0 fully saturated rings. The van der Waals surface area contributed by atoms with Gasteiger partial charge >= 0.3 is 5.97 Å². The van der Waals surface area contributed by atoms with Crippen LogP contribution in [0.25, 0.3) is 0 Å². The van der Waals surface area contributed by atoms with E-state index in [0.29, 0.717) is 18.6 Å². The first-order valence-electron chi connectivity index (χ1n) is 6.20. The molecule has 6 nitrogen and oxygen atoms in total. The number of nitrogens with zero attached hydrogens (tertiary/aromatic N) is 1. The van der Waals surface area contributed by atoms with E-state index in [1.807, 2.05) is 0 Å². The molecule has 0 atom stereocenters. The maximum Gasteiger partial charge on any atom is 0.339 e. The lowest BCUT2D eigenvalue weighted by molar-refractivity contribution is -0.128. The van der Waals surface area contributed by atoms with Crippen molar-refractivity contribution in [1.29, 1.82) is 0 Å². The molecule has 6 heteroatoms. The third-order valence-electron chi connectivity index (χ3n) is 2.71. The average Bonchev–Trinajstić information content (AvgIpc) is 2.42. The van der Waals surface area contributed by atoms with Crippen LogP contribution in [0.2, 0.25) is 0 Å². The second kappa shape index (κ2) is 7.37. The molecule has 1 aromatic rings. The molecule has 0 aliphatic carbocycles. The summed E-state index contributed by atoms with van der Waals surface area (Å²) in [5.74, 6) is -0.335. The first-order chi connectivity index (χ1) is 9.45. The molecule has 1 amide bonds. The summed E-state index contributed by atoms with van der Waals surface area (Å²) in [7, 11) is 4.85. The van der Waals surface area contributed by atoms with Crippen LogP contribution in [-0.2, 0) is 4.79 Å². The van der Waals surface area contributed by atoms with Gasteiger partial charge in [0.1, 0.15) is 17.1 Å². The monoisotopic (exact) mass is 281 g/mol. The van der Waals surface area contributed by atoms with E-state index >= 15 is 0 Å². The molecular weight excluding hydrogens is 262 g/mol. The summed E-state index contributed by atoms with van der Waals surface area (Å²) in [6.45, 7) is 0.284. The molecule has 0 spiro atoms. The molecule has 0 aromatic heterocycles. The van der Waals surface area contributed by atoms with Gasteiger partial charge in [-0.1, -0.05) is 0 Å². The Bertz CT molecular complexity index is 484. The lowest BCUT2D eigenvalue weighted by atomic mass is 10.2. The highest BCUT2D eigenvalue weighted by molar-refractivity contribution is 5.91. The lowest BCUT2D eigenvalue weighted by Gasteiger charge is -2.12. The van der Waals surface area contributed by atoms with Gasteiger partial charge in [0.05, 0.1) is 13.7 Å². The van der Waals surface area contributed by atoms with Crippen molar-refractivity contribution < 1.29 is 24.2 Å². The van der Waals surface area contributed by atoms with Crippen LogP contribution in [0.1, 0.15) is 23.2 Å². The molecule has 0 unspecified atom stereocenters. The number of hydrogen-bond acceptors (Lipinski definition) is 4. The Morgan fingerprint density at radius 2 is 2.00 bits per heavy atom. The van der Waals surface area contributed by atoms with Crippen molar-refractivity contribution in [2.75, 3.05) is 27.8 Å². The SMILES string of the molecule is COc1ccc(OCCCC(=O)N(C)C)c(C(=O)O)c1. The van der Waals surface area contributed by atoms with Gasteiger partial charge in [0.25, 0.3) is 0 Å². The Kier molecular flexibility index (Phi) is 5.83. The van der Waals surface area contributed by atoms with Crippen LogP contribution in [0.3, 0.4) is 0 Å². The Balaban J connectivity index is 2.59. The van der Waals surface area contributed by atoms with E-state index in [9.17, 15) is 9.59 Å². The predicted octanol–water partition coefficient (Wildman–Crippen LogP) is 1.64. The van der Waals surface area contributed by atoms with Crippen LogP contribution in [0, 0.1) is 0 Å². The number of amides is 1. The van der Waals surface area contributed by atoms with E-state index < -0.39 is 5.97 Å². The van der Waals surface area contributed by atoms with Crippen molar-refractivity contribution in [2.45, 2.75) is 12.8 Å². The molecule has 0 aliphatic rings. The molecule has 1 aromatic carbocycles. The molecular formula is C14H19NO5. The Labute approximate surface area is 117 Å². The van der Waals surface area contributed by atoms with Gasteiger partial charge in [0.2, 0.25) is 5.91 Å². The number of hydrogen-bond donors (Lipinski definition) is 1. The number of carboxylic acids is 1. The van der Waals surface area contributed by atoms with Crippen molar-refractivity contribution in [1.82, 2.24) is 4.90 Å². The highest BCUT2D eigenvalue weighted by Gasteiger charge is 2.13. The molecule has 20 heavy (non-hydrogen) atoms. The summed E-state index contributed by atoms with van der Waals surface area (Å²) >= 11 is 0. The van der Waals surface area contributed by atoms with Gasteiger partial charge in [0.15, 0.2) is 0 Å². The second-order valence-electron chi connectivity index (χ2n) is 4.41. The summed E-state index contributed by atoms with van der Waals surface area (Å²) in [6.07, 6.45) is 0.896. The van der Waals surface area contributed by atoms with Crippen LogP contribution >= 0.6 is 0 Å². The van der Waals surface area contributed by atoms with Crippen molar-refractivity contribution in [3.8, 4) is 11.5 Å². The minimum atomic E-state index is -1.08. The molecule has 0 saturated carbocycles. The fraction of sp³-hybridized carbons (Fsp3) is 0.429. The zero-order valence-corrected chi connectivity index (χ0v) is 11.9. The van der Waals surface area contributed by atoms with Gasteiger partial charge in [-0.3, -0.25) is 4.79 Å². The number of rotatable bonds is 7. The van der Waals surface area contributed by atoms with Crippen molar-refractivity contribution >= 4 is 11.9 Å². The maximum atomic E-state index is 11.4. The van der Waals surface area contributed by atoms with Gasteiger partial charge in [-0.15, -0.1) is 0 Å². The fourth-order valence-electron chi connectivity index (χ4n) is 1.56. The van der Waals surface area contributed by atoms with Crippen LogP contribution in [0.15, 0.2) is 18.2 Å². The zero-order valence-electron chi connectivity index (χ0n) is 11.9. The van der Waals surface area contributed by atoms with Gasteiger partial charge < -0.3 is 19.5 Å². The minimum Gasteiger partial charge on any atom is -0.497 e. The summed E-state index contributed by atoms with van der Waals surface area (Å²) < 4.78 is 10.4. The van der Waals surface area contributed by atoms with E-state index in [1.165, 1.54) is 18.1 Å². The van der Waals surface area contributed by atoms with E-state index in [4.69, 9.17) is 14.6 Å². The number of ether oxygens (including phenoxy) is 2. The van der Waals surface area contributed by atoms with Crippen molar-refractivity contribution in [3.63, 3.8) is 0 Å². The van der Waals surface area contributed by atoms with Crippen LogP contribution in [0.4, 0.5) is 0 Å². The Morgan fingerprint density at radius 3 is 2.55 bits per heavy atom. The van der Waals surface area contributed by atoms with Gasteiger partial charge in [-0.2, -0.15) is 0 Å². The standard InChI is InChI=1S/C14H19NO5/c1-15(2)13(16)5-4-8-20-12-7-6-10(19-3)9-11(12)14(17)18/h6-7,9H,4-5,8H2,1-3H3,(H,17,18). The molecule has 1 N–H and O–H groups in total. The first-order valence-corrected chi connectivity index (χ1v) is 6.20. The number of benzene rings is 1. The average molecular weight is 281 g/mol. The molecule has 0 heterocycles. The molecule has 0 saturated heterocycles. The van der Waals surface area contributed by atoms with Crippen molar-refractivity contribution in [2.24, 2.45) is 0 Å². The van der Waals surface area contributed by atoms with Gasteiger partial charge in [0, 0.05) is 20.5 Å². The number of aromatic carboxylic acids is 1.